The zero-order valence-electron chi connectivity index (χ0n) is 16.1. The summed E-state index contributed by atoms with van der Waals surface area (Å²) >= 11 is 12.1. The molecule has 0 aliphatic carbocycles. The van der Waals surface area contributed by atoms with Gasteiger partial charge in [0.15, 0.2) is 0 Å². The molecule has 0 bridgehead atoms. The van der Waals surface area contributed by atoms with Crippen LogP contribution in [0.4, 0.5) is 10.1 Å². The number of aliphatic hydroxyl groups excluding tert-OH is 1. The Kier molecular flexibility index (Phi) is 7.93. The monoisotopic (exact) mass is 452 g/mol. The van der Waals surface area contributed by atoms with E-state index in [0.29, 0.717) is 59.2 Å². The van der Waals surface area contributed by atoms with E-state index in [9.17, 15) is 14.3 Å². The van der Waals surface area contributed by atoms with E-state index < -0.39 is 6.10 Å². The first kappa shape index (κ1) is 22.4. The van der Waals surface area contributed by atoms with E-state index in [1.54, 1.807) is 18.2 Å². The summed E-state index contributed by atoms with van der Waals surface area (Å²) < 4.78 is 13.2. The summed E-state index contributed by atoms with van der Waals surface area (Å²) in [6, 6.07) is 11.3. The first-order chi connectivity index (χ1) is 14.4. The molecule has 6 nitrogen and oxygen atoms in total. The zero-order chi connectivity index (χ0) is 21.5. The van der Waals surface area contributed by atoms with Gasteiger partial charge < -0.3 is 26.0 Å². The van der Waals surface area contributed by atoms with Crippen molar-refractivity contribution in [2.45, 2.75) is 12.5 Å². The summed E-state index contributed by atoms with van der Waals surface area (Å²) in [4.78, 5) is 15.2. The van der Waals surface area contributed by atoms with Crippen LogP contribution in [0.1, 0.15) is 16.9 Å². The van der Waals surface area contributed by atoms with Crippen molar-refractivity contribution < 1.29 is 14.3 Å². The number of halogens is 3. The van der Waals surface area contributed by atoms with Crippen molar-refractivity contribution in [1.29, 1.82) is 0 Å². The number of nitrogens with one attached hydrogen (secondary N) is 4. The van der Waals surface area contributed by atoms with Crippen LogP contribution in [0, 0.1) is 5.82 Å². The van der Waals surface area contributed by atoms with E-state index in [0.717, 1.165) is 5.69 Å². The predicted molar refractivity (Wildman–Crippen MR) is 119 cm³/mol. The summed E-state index contributed by atoms with van der Waals surface area (Å²) in [5.74, 6) is -0.649. The van der Waals surface area contributed by atoms with Crippen LogP contribution in [0.2, 0.25) is 10.0 Å². The normalized spacial score (nSPS) is 12.1. The Hall–Kier alpha value is -2.32. The van der Waals surface area contributed by atoms with Crippen LogP contribution < -0.4 is 16.0 Å². The van der Waals surface area contributed by atoms with Crippen molar-refractivity contribution in [2.75, 3.05) is 31.5 Å². The van der Waals surface area contributed by atoms with E-state index in [2.05, 4.69) is 20.9 Å². The molecule has 0 aliphatic rings. The summed E-state index contributed by atoms with van der Waals surface area (Å²) in [7, 11) is 0. The third kappa shape index (κ3) is 6.09. The molecular weight excluding hydrogens is 430 g/mol. The van der Waals surface area contributed by atoms with Gasteiger partial charge in [-0.3, -0.25) is 4.79 Å². The number of rotatable bonds is 10. The summed E-state index contributed by atoms with van der Waals surface area (Å²) in [5.41, 5.74) is 1.81. The van der Waals surface area contributed by atoms with E-state index in [4.69, 9.17) is 23.2 Å². The van der Waals surface area contributed by atoms with Crippen LogP contribution in [0.25, 0.3) is 10.9 Å². The molecule has 3 aromatic rings. The van der Waals surface area contributed by atoms with E-state index in [-0.39, 0.29) is 11.7 Å². The van der Waals surface area contributed by atoms with E-state index in [1.807, 2.05) is 12.1 Å². The number of carbonyl (C=O) groups excluding carboxylic acids is 1. The average molecular weight is 453 g/mol. The first-order valence-corrected chi connectivity index (χ1v) is 10.3. The molecule has 2 aromatic carbocycles. The number of aromatic nitrogens is 1. The SMILES string of the molecule is O=C(NCCC(O)CNCCNc1cccc(Cl)c1Cl)c1cc2cc(F)ccc2[nH]1. The number of benzene rings is 2. The van der Waals surface area contributed by atoms with Crippen LogP contribution in [0.5, 0.6) is 0 Å². The number of amides is 1. The highest BCUT2D eigenvalue weighted by molar-refractivity contribution is 6.43. The Bertz CT molecular complexity index is 1010. The number of anilines is 1. The zero-order valence-corrected chi connectivity index (χ0v) is 17.7. The van der Waals surface area contributed by atoms with Crippen molar-refractivity contribution in [2.24, 2.45) is 0 Å². The lowest BCUT2D eigenvalue weighted by atomic mass is 10.2. The van der Waals surface area contributed by atoms with Gasteiger partial charge in [0.05, 0.1) is 21.8 Å². The minimum absolute atomic E-state index is 0.297. The minimum Gasteiger partial charge on any atom is -0.392 e. The highest BCUT2D eigenvalue weighted by Crippen LogP contribution is 2.29. The third-order valence-electron chi connectivity index (χ3n) is 4.54. The molecule has 1 unspecified atom stereocenters. The van der Waals surface area contributed by atoms with Crippen molar-refractivity contribution in [3.63, 3.8) is 0 Å². The maximum Gasteiger partial charge on any atom is 0.267 e. The van der Waals surface area contributed by atoms with Gasteiger partial charge in [-0.05, 0) is 42.8 Å². The number of fused-ring (bicyclic) bond motifs is 1. The lowest BCUT2D eigenvalue weighted by molar-refractivity contribution is 0.0938. The maximum atomic E-state index is 13.2. The molecular formula is C21H23Cl2FN4O2. The number of hydrogen-bond donors (Lipinski definition) is 5. The van der Waals surface area contributed by atoms with Crippen LogP contribution in [0.3, 0.4) is 0 Å². The van der Waals surface area contributed by atoms with Crippen molar-refractivity contribution in [3.05, 3.63) is 64.0 Å². The molecule has 1 atom stereocenters. The molecule has 0 spiro atoms. The molecule has 0 aliphatic heterocycles. The molecule has 9 heteroatoms. The maximum absolute atomic E-state index is 13.2. The van der Waals surface area contributed by atoms with E-state index in [1.165, 1.54) is 12.1 Å². The fourth-order valence-electron chi connectivity index (χ4n) is 2.97. The molecule has 0 saturated carbocycles. The van der Waals surface area contributed by atoms with Crippen molar-refractivity contribution >= 4 is 45.7 Å². The van der Waals surface area contributed by atoms with Gasteiger partial charge >= 0.3 is 0 Å². The Balaban J connectivity index is 1.32. The number of aromatic amines is 1. The molecule has 30 heavy (non-hydrogen) atoms. The molecule has 1 heterocycles. The lowest BCUT2D eigenvalue weighted by Gasteiger charge is -2.13. The third-order valence-corrected chi connectivity index (χ3v) is 5.36. The van der Waals surface area contributed by atoms with Crippen molar-refractivity contribution in [3.8, 4) is 0 Å². The van der Waals surface area contributed by atoms with Crippen molar-refractivity contribution in [1.82, 2.24) is 15.6 Å². The van der Waals surface area contributed by atoms with Crippen LogP contribution in [-0.2, 0) is 0 Å². The molecule has 160 valence electrons. The number of carbonyl (C=O) groups is 1. The Morgan fingerprint density at radius 2 is 1.97 bits per heavy atom. The Morgan fingerprint density at radius 1 is 1.13 bits per heavy atom. The van der Waals surface area contributed by atoms with Crippen LogP contribution >= 0.6 is 23.2 Å². The van der Waals surface area contributed by atoms with Gasteiger partial charge in [0.2, 0.25) is 0 Å². The first-order valence-electron chi connectivity index (χ1n) is 9.57. The van der Waals surface area contributed by atoms with Gasteiger partial charge in [0.25, 0.3) is 5.91 Å². The van der Waals surface area contributed by atoms with Crippen LogP contribution in [-0.4, -0.2) is 48.3 Å². The summed E-state index contributed by atoms with van der Waals surface area (Å²) in [6.45, 7) is 1.96. The summed E-state index contributed by atoms with van der Waals surface area (Å²) in [5, 5.41) is 20.7. The largest absolute Gasteiger partial charge is 0.392 e. The summed E-state index contributed by atoms with van der Waals surface area (Å²) in [6.07, 6.45) is -0.196. The fourth-order valence-corrected chi connectivity index (χ4v) is 3.34. The minimum atomic E-state index is -0.600. The topological polar surface area (TPSA) is 89.2 Å². The molecule has 0 radical (unpaired) electrons. The highest BCUT2D eigenvalue weighted by Gasteiger charge is 2.11. The van der Waals surface area contributed by atoms with Gasteiger partial charge in [-0.15, -0.1) is 0 Å². The second kappa shape index (κ2) is 10.6. The number of aliphatic hydroxyl groups is 1. The second-order valence-corrected chi connectivity index (χ2v) is 7.63. The smallest absolute Gasteiger partial charge is 0.267 e. The fraction of sp³-hybridized carbons (Fsp3) is 0.286. The molecule has 5 N–H and O–H groups in total. The average Bonchev–Trinajstić information content (AvgIpc) is 3.14. The van der Waals surface area contributed by atoms with Gasteiger partial charge in [-0.2, -0.15) is 0 Å². The quantitative estimate of drug-likeness (QED) is 0.302. The molecule has 1 aromatic heterocycles. The standard InChI is InChI=1S/C21H23Cl2FN4O2/c22-16-2-1-3-18(20(16)23)26-9-8-25-12-15(29)6-7-27-21(30)19-11-13-10-14(24)4-5-17(13)28-19/h1-5,10-11,15,25-26,28-29H,6-9,12H2,(H,27,30). The van der Waals surface area contributed by atoms with Gasteiger partial charge in [-0.1, -0.05) is 29.3 Å². The second-order valence-electron chi connectivity index (χ2n) is 6.85. The van der Waals surface area contributed by atoms with Gasteiger partial charge in [0.1, 0.15) is 11.5 Å². The number of H-pyrrole nitrogens is 1. The van der Waals surface area contributed by atoms with Gasteiger partial charge in [0, 0.05) is 37.1 Å². The number of hydrogen-bond acceptors (Lipinski definition) is 4. The molecule has 0 saturated heterocycles. The van der Waals surface area contributed by atoms with Gasteiger partial charge in [-0.25, -0.2) is 4.39 Å². The Morgan fingerprint density at radius 3 is 2.80 bits per heavy atom. The lowest BCUT2D eigenvalue weighted by Crippen LogP contribution is -2.34. The van der Waals surface area contributed by atoms with Crippen LogP contribution in [0.15, 0.2) is 42.5 Å². The highest BCUT2D eigenvalue weighted by atomic mass is 35.5. The predicted octanol–water partition coefficient (Wildman–Crippen LogP) is 3.80. The molecule has 0 fully saturated rings. The molecule has 1 amide bonds. The Labute approximate surface area is 183 Å². The van der Waals surface area contributed by atoms with E-state index >= 15 is 0 Å². The molecule has 3 rings (SSSR count).